The Bertz CT molecular complexity index is 230. The van der Waals surface area contributed by atoms with Gasteiger partial charge in [0.1, 0.15) is 0 Å². The predicted molar refractivity (Wildman–Crippen MR) is 53.9 cm³/mol. The quantitative estimate of drug-likeness (QED) is 0.419. The molecule has 3 atom stereocenters. The Morgan fingerprint density at radius 2 is 2.08 bits per heavy atom. The highest BCUT2D eigenvalue weighted by atomic mass is 35.5. The van der Waals surface area contributed by atoms with E-state index in [1.165, 1.54) is 18.4 Å². The number of halogens is 2. The minimum Gasteiger partial charge on any atom is -0.121 e. The molecular formula is C10H14Cl2. The van der Waals surface area contributed by atoms with Crippen molar-refractivity contribution in [2.45, 2.75) is 37.4 Å². The average molecular weight is 205 g/mol. The van der Waals surface area contributed by atoms with Gasteiger partial charge in [-0.3, -0.25) is 0 Å². The van der Waals surface area contributed by atoms with Gasteiger partial charge in [-0.05, 0) is 18.8 Å². The van der Waals surface area contributed by atoms with Gasteiger partial charge in [-0.25, -0.2) is 0 Å². The predicted octanol–water partition coefficient (Wildman–Crippen LogP) is 3.58. The van der Waals surface area contributed by atoms with Crippen LogP contribution in [0.15, 0.2) is 11.6 Å². The Hall–Kier alpha value is 0.320. The Labute approximate surface area is 83.9 Å². The molecule has 0 aromatic carbocycles. The molecule has 0 aromatic rings. The first-order valence-corrected chi connectivity index (χ1v) is 5.41. The van der Waals surface area contributed by atoms with Crippen molar-refractivity contribution in [1.82, 2.24) is 0 Å². The lowest BCUT2D eigenvalue weighted by Gasteiger charge is -2.24. The van der Waals surface area contributed by atoms with Gasteiger partial charge in [-0.1, -0.05) is 25.5 Å². The van der Waals surface area contributed by atoms with Crippen LogP contribution in [0.3, 0.4) is 0 Å². The number of hydrogen-bond donors (Lipinski definition) is 0. The Morgan fingerprint density at radius 3 is 2.67 bits per heavy atom. The first-order valence-electron chi connectivity index (χ1n) is 4.54. The van der Waals surface area contributed by atoms with Gasteiger partial charge in [0.05, 0.1) is 10.8 Å². The van der Waals surface area contributed by atoms with Gasteiger partial charge in [-0.2, -0.15) is 0 Å². The van der Waals surface area contributed by atoms with Crippen LogP contribution in [0.1, 0.15) is 26.7 Å². The minimum absolute atomic E-state index is 0.107. The number of fused-ring (bicyclic) bond motifs is 1. The van der Waals surface area contributed by atoms with E-state index in [1.807, 2.05) is 0 Å². The van der Waals surface area contributed by atoms with Gasteiger partial charge in [0.15, 0.2) is 0 Å². The molecule has 0 aromatic heterocycles. The molecule has 0 bridgehead atoms. The first-order chi connectivity index (χ1) is 5.55. The molecule has 0 N–H and O–H groups in total. The highest BCUT2D eigenvalue weighted by Gasteiger charge is 2.51. The van der Waals surface area contributed by atoms with Crippen molar-refractivity contribution >= 4 is 23.2 Å². The Kier molecular flexibility index (Phi) is 1.97. The van der Waals surface area contributed by atoms with Crippen molar-refractivity contribution in [2.24, 2.45) is 11.3 Å². The molecule has 0 amide bonds. The van der Waals surface area contributed by atoms with Crippen LogP contribution in [0.5, 0.6) is 0 Å². The van der Waals surface area contributed by atoms with E-state index in [2.05, 4.69) is 19.9 Å². The molecule has 68 valence electrons. The van der Waals surface area contributed by atoms with Crippen molar-refractivity contribution in [3.63, 3.8) is 0 Å². The summed E-state index contributed by atoms with van der Waals surface area (Å²) in [5.74, 6) is 0.559. The Balaban J connectivity index is 2.38. The SMILES string of the molecule is CC1(C)C2=CCCC2C(Cl)C1Cl. The summed E-state index contributed by atoms with van der Waals surface area (Å²) in [6, 6.07) is 0. The summed E-state index contributed by atoms with van der Waals surface area (Å²) in [6.07, 6.45) is 4.73. The molecule has 0 spiro atoms. The van der Waals surface area contributed by atoms with Gasteiger partial charge in [0.2, 0.25) is 0 Å². The summed E-state index contributed by atoms with van der Waals surface area (Å²) >= 11 is 12.6. The van der Waals surface area contributed by atoms with Crippen molar-refractivity contribution in [3.05, 3.63) is 11.6 Å². The zero-order valence-corrected chi connectivity index (χ0v) is 8.99. The molecule has 2 aliphatic carbocycles. The second-order valence-electron chi connectivity index (χ2n) is 4.41. The van der Waals surface area contributed by atoms with E-state index in [9.17, 15) is 0 Å². The van der Waals surface area contributed by atoms with Gasteiger partial charge < -0.3 is 0 Å². The van der Waals surface area contributed by atoms with Crippen LogP contribution >= 0.6 is 23.2 Å². The maximum absolute atomic E-state index is 6.28. The molecular weight excluding hydrogens is 191 g/mol. The van der Waals surface area contributed by atoms with E-state index in [-0.39, 0.29) is 16.2 Å². The minimum atomic E-state index is 0.107. The lowest BCUT2D eigenvalue weighted by atomic mass is 9.86. The third-order valence-electron chi connectivity index (χ3n) is 3.34. The lowest BCUT2D eigenvalue weighted by molar-refractivity contribution is 0.470. The maximum Gasteiger partial charge on any atom is 0.0593 e. The van der Waals surface area contributed by atoms with Crippen LogP contribution in [-0.2, 0) is 0 Å². The maximum atomic E-state index is 6.28. The van der Waals surface area contributed by atoms with Crippen LogP contribution < -0.4 is 0 Å². The summed E-state index contributed by atoms with van der Waals surface area (Å²) in [6.45, 7) is 4.41. The molecule has 2 aliphatic rings. The van der Waals surface area contributed by atoms with E-state index in [1.54, 1.807) is 0 Å². The van der Waals surface area contributed by atoms with Crippen molar-refractivity contribution < 1.29 is 0 Å². The molecule has 2 heteroatoms. The number of allylic oxidation sites excluding steroid dienone is 2. The fourth-order valence-corrected chi connectivity index (χ4v) is 3.44. The monoisotopic (exact) mass is 204 g/mol. The third-order valence-corrected chi connectivity index (χ3v) is 4.84. The molecule has 1 fully saturated rings. The topological polar surface area (TPSA) is 0 Å². The fraction of sp³-hybridized carbons (Fsp3) is 0.800. The van der Waals surface area contributed by atoms with E-state index in [4.69, 9.17) is 23.2 Å². The average Bonchev–Trinajstić information content (AvgIpc) is 2.54. The number of hydrogen-bond acceptors (Lipinski definition) is 0. The second-order valence-corrected chi connectivity index (χ2v) is 5.39. The largest absolute Gasteiger partial charge is 0.121 e. The van der Waals surface area contributed by atoms with Crippen LogP contribution in [0, 0.1) is 11.3 Å². The van der Waals surface area contributed by atoms with E-state index in [0.29, 0.717) is 5.92 Å². The third kappa shape index (κ3) is 0.975. The van der Waals surface area contributed by atoms with Crippen LogP contribution in [-0.4, -0.2) is 10.8 Å². The molecule has 2 rings (SSSR count). The lowest BCUT2D eigenvalue weighted by Crippen LogP contribution is -2.24. The van der Waals surface area contributed by atoms with Gasteiger partial charge in [0.25, 0.3) is 0 Å². The molecule has 0 heterocycles. The van der Waals surface area contributed by atoms with Crippen LogP contribution in [0.4, 0.5) is 0 Å². The Morgan fingerprint density at radius 1 is 1.42 bits per heavy atom. The molecule has 0 saturated heterocycles. The summed E-state index contributed by atoms with van der Waals surface area (Å²) < 4.78 is 0. The van der Waals surface area contributed by atoms with Gasteiger partial charge in [0, 0.05) is 5.41 Å². The van der Waals surface area contributed by atoms with Crippen molar-refractivity contribution in [2.75, 3.05) is 0 Å². The standard InChI is InChI=1S/C10H14Cl2/c1-10(2)7-5-3-4-6(7)8(11)9(10)12/h5-6,8-9H,3-4H2,1-2H3. The number of rotatable bonds is 0. The first kappa shape index (κ1) is 8.90. The van der Waals surface area contributed by atoms with E-state index >= 15 is 0 Å². The highest BCUT2D eigenvalue weighted by Crippen LogP contribution is 2.55. The zero-order chi connectivity index (χ0) is 8.93. The summed E-state index contributed by atoms with van der Waals surface area (Å²) in [7, 11) is 0. The zero-order valence-electron chi connectivity index (χ0n) is 7.48. The molecule has 0 nitrogen and oxygen atoms in total. The molecule has 1 saturated carbocycles. The van der Waals surface area contributed by atoms with E-state index < -0.39 is 0 Å². The van der Waals surface area contributed by atoms with Gasteiger partial charge >= 0.3 is 0 Å². The molecule has 3 unspecified atom stereocenters. The van der Waals surface area contributed by atoms with Crippen molar-refractivity contribution in [1.29, 1.82) is 0 Å². The normalized spacial score (nSPS) is 44.3. The highest BCUT2D eigenvalue weighted by molar-refractivity contribution is 6.31. The van der Waals surface area contributed by atoms with E-state index in [0.717, 1.165) is 0 Å². The summed E-state index contributed by atoms with van der Waals surface area (Å²) in [5, 5.41) is 0.256. The summed E-state index contributed by atoms with van der Waals surface area (Å²) in [4.78, 5) is 0. The molecule has 12 heavy (non-hydrogen) atoms. The molecule has 0 radical (unpaired) electrons. The fourth-order valence-electron chi connectivity index (χ4n) is 2.56. The smallest absolute Gasteiger partial charge is 0.0593 e. The summed E-state index contributed by atoms with van der Waals surface area (Å²) in [5.41, 5.74) is 1.62. The number of alkyl halides is 2. The van der Waals surface area contributed by atoms with Crippen LogP contribution in [0.2, 0.25) is 0 Å². The second kappa shape index (κ2) is 2.65. The van der Waals surface area contributed by atoms with Crippen molar-refractivity contribution in [3.8, 4) is 0 Å². The molecule has 0 aliphatic heterocycles. The van der Waals surface area contributed by atoms with Crippen LogP contribution in [0.25, 0.3) is 0 Å². The van der Waals surface area contributed by atoms with Gasteiger partial charge in [-0.15, -0.1) is 23.2 Å².